The van der Waals surface area contributed by atoms with Crippen molar-refractivity contribution in [3.63, 3.8) is 0 Å². The third kappa shape index (κ3) is 6.84. The van der Waals surface area contributed by atoms with Crippen LogP contribution in [0.2, 0.25) is 15.1 Å². The third-order valence-corrected chi connectivity index (χ3v) is 7.97. The Morgan fingerprint density at radius 2 is 1.70 bits per heavy atom. The number of benzene rings is 4. The quantitative estimate of drug-likeness (QED) is 0.154. The van der Waals surface area contributed by atoms with Gasteiger partial charge in [-0.25, -0.2) is 4.79 Å². The molecule has 1 heterocycles. The predicted molar refractivity (Wildman–Crippen MR) is 165 cm³/mol. The zero-order valence-corrected chi connectivity index (χ0v) is 25.4. The van der Waals surface area contributed by atoms with Crippen molar-refractivity contribution in [2.75, 3.05) is 6.61 Å². The van der Waals surface area contributed by atoms with E-state index >= 15 is 0 Å². The summed E-state index contributed by atoms with van der Waals surface area (Å²) in [7, 11) is 0. The molecular weight excluding hydrogens is 611 g/mol. The smallest absolute Gasteiger partial charge is 0.349 e. The van der Waals surface area contributed by atoms with Gasteiger partial charge in [0.25, 0.3) is 0 Å². The number of carbonyl (C=O) groups excluding carboxylic acids is 1. The number of hydrogen-bond acceptors (Lipinski definition) is 7. The van der Waals surface area contributed by atoms with Gasteiger partial charge in [-0.15, -0.1) is 0 Å². The maximum Gasteiger partial charge on any atom is 0.349 e. The Morgan fingerprint density at radius 1 is 0.930 bits per heavy atom. The maximum absolute atomic E-state index is 12.6. The van der Waals surface area contributed by atoms with Crippen molar-refractivity contribution in [1.29, 1.82) is 5.26 Å². The topological polar surface area (TPSA) is 104 Å². The summed E-state index contributed by atoms with van der Waals surface area (Å²) in [4.78, 5) is 12.6. The fourth-order valence-corrected chi connectivity index (χ4v) is 5.29. The maximum atomic E-state index is 12.6. The van der Waals surface area contributed by atoms with Crippen LogP contribution >= 0.6 is 34.8 Å². The third-order valence-electron chi connectivity index (χ3n) is 6.79. The molecule has 1 unspecified atom stereocenters. The number of aryl methyl sites for hydroxylation is 2. The SMILES string of the molecule is Cc1cc(OCC(=O)Oc2ccc3c(c2)OC(N)=C(C#N)C3c2cccc(OCc3ccc(Cl)cc3Cl)c2)cc(C)c1Cl. The first-order chi connectivity index (χ1) is 20.6. The van der Waals surface area contributed by atoms with Crippen LogP contribution in [0, 0.1) is 25.2 Å². The Hall–Kier alpha value is -4.35. The first-order valence-electron chi connectivity index (χ1n) is 13.1. The highest BCUT2D eigenvalue weighted by atomic mass is 35.5. The van der Waals surface area contributed by atoms with E-state index in [-0.39, 0.29) is 30.4 Å². The Bertz CT molecular complexity index is 1770. The van der Waals surface area contributed by atoms with E-state index in [0.29, 0.717) is 37.9 Å². The summed E-state index contributed by atoms with van der Waals surface area (Å²) >= 11 is 18.5. The van der Waals surface area contributed by atoms with Crippen molar-refractivity contribution in [3.8, 4) is 29.1 Å². The number of fused-ring (bicyclic) bond motifs is 1. The second kappa shape index (κ2) is 12.9. The van der Waals surface area contributed by atoms with Gasteiger partial charge in [0.05, 0.1) is 5.92 Å². The Morgan fingerprint density at radius 3 is 2.42 bits per heavy atom. The number of nitrogens with zero attached hydrogens (tertiary/aromatic N) is 1. The molecule has 4 aromatic rings. The highest BCUT2D eigenvalue weighted by Crippen LogP contribution is 2.44. The summed E-state index contributed by atoms with van der Waals surface area (Å²) in [6.45, 7) is 3.64. The van der Waals surface area contributed by atoms with Crippen molar-refractivity contribution < 1.29 is 23.7 Å². The largest absolute Gasteiger partial charge is 0.489 e. The number of rotatable bonds is 8. The molecule has 0 spiro atoms. The molecule has 0 saturated carbocycles. The molecule has 7 nitrogen and oxygen atoms in total. The van der Waals surface area contributed by atoms with Gasteiger partial charge in [-0.3, -0.25) is 0 Å². The Labute approximate surface area is 263 Å². The van der Waals surface area contributed by atoms with Gasteiger partial charge in [0.2, 0.25) is 5.88 Å². The number of nitriles is 1. The van der Waals surface area contributed by atoms with Gasteiger partial charge in [-0.05, 0) is 73.0 Å². The second-order valence-corrected chi connectivity index (χ2v) is 11.1. The van der Waals surface area contributed by atoms with Crippen LogP contribution in [0.1, 0.15) is 33.7 Å². The van der Waals surface area contributed by atoms with Crippen LogP contribution in [0.5, 0.6) is 23.0 Å². The van der Waals surface area contributed by atoms with Crippen LogP contribution in [0.25, 0.3) is 0 Å². The van der Waals surface area contributed by atoms with Crippen molar-refractivity contribution in [2.24, 2.45) is 5.73 Å². The van der Waals surface area contributed by atoms with Crippen LogP contribution in [-0.2, 0) is 11.4 Å². The lowest BCUT2D eigenvalue weighted by molar-refractivity contribution is -0.136. The summed E-state index contributed by atoms with van der Waals surface area (Å²) in [6.07, 6.45) is 0. The van der Waals surface area contributed by atoms with Crippen molar-refractivity contribution in [3.05, 3.63) is 127 Å². The molecule has 4 aromatic carbocycles. The zero-order valence-electron chi connectivity index (χ0n) is 23.1. The lowest BCUT2D eigenvalue weighted by Crippen LogP contribution is -2.21. The number of ether oxygens (including phenoxy) is 4. The van der Waals surface area contributed by atoms with Crippen LogP contribution in [-0.4, -0.2) is 12.6 Å². The standard InChI is InChI=1S/C33H25Cl3N2O5/c1-18-10-25(11-19(2)32(18)36)41-17-30(39)42-24-8-9-26-29(14-24)43-33(38)27(15-37)31(26)20-4-3-5-23(12-20)40-16-21-6-7-22(34)13-28(21)35/h3-14,31H,16-17,38H2,1-2H3. The summed E-state index contributed by atoms with van der Waals surface area (Å²) in [5.74, 6) is 0.488. The zero-order chi connectivity index (χ0) is 30.7. The van der Waals surface area contributed by atoms with Gasteiger partial charge in [0.1, 0.15) is 41.2 Å². The molecule has 0 bridgehead atoms. The minimum atomic E-state index is -0.607. The molecule has 10 heteroatoms. The first kappa shape index (κ1) is 30.1. The molecule has 43 heavy (non-hydrogen) atoms. The van der Waals surface area contributed by atoms with E-state index in [4.69, 9.17) is 59.5 Å². The predicted octanol–water partition coefficient (Wildman–Crippen LogP) is 8.05. The number of halogens is 3. The minimum Gasteiger partial charge on any atom is -0.489 e. The van der Waals surface area contributed by atoms with E-state index < -0.39 is 11.9 Å². The number of carbonyl (C=O) groups is 1. The molecule has 0 aromatic heterocycles. The van der Waals surface area contributed by atoms with Gasteiger partial charge in [0, 0.05) is 32.3 Å². The van der Waals surface area contributed by atoms with Gasteiger partial charge in [-0.1, -0.05) is 59.1 Å². The lowest BCUT2D eigenvalue weighted by Gasteiger charge is -2.27. The Kier molecular flexibility index (Phi) is 9.02. The van der Waals surface area contributed by atoms with Gasteiger partial charge >= 0.3 is 5.97 Å². The summed E-state index contributed by atoms with van der Waals surface area (Å²) in [5, 5.41) is 11.6. The fraction of sp³-hybridized carbons (Fsp3) is 0.152. The van der Waals surface area contributed by atoms with E-state index in [9.17, 15) is 10.1 Å². The summed E-state index contributed by atoms with van der Waals surface area (Å²) in [5.41, 5.74) is 10.3. The van der Waals surface area contributed by atoms with Crippen LogP contribution in [0.3, 0.4) is 0 Å². The van der Waals surface area contributed by atoms with E-state index in [1.54, 1.807) is 48.5 Å². The normalized spacial score (nSPS) is 13.9. The van der Waals surface area contributed by atoms with Crippen LogP contribution in [0.4, 0.5) is 0 Å². The second-order valence-electron chi connectivity index (χ2n) is 9.86. The lowest BCUT2D eigenvalue weighted by atomic mass is 9.83. The van der Waals surface area contributed by atoms with Crippen LogP contribution in [0.15, 0.2) is 84.3 Å². The molecule has 218 valence electrons. The highest BCUT2D eigenvalue weighted by molar-refractivity contribution is 6.35. The Balaban J connectivity index is 1.33. The molecule has 0 aliphatic carbocycles. The molecule has 5 rings (SSSR count). The van der Waals surface area contributed by atoms with Crippen molar-refractivity contribution in [2.45, 2.75) is 26.4 Å². The van der Waals surface area contributed by atoms with Gasteiger partial charge in [0.15, 0.2) is 6.61 Å². The molecule has 0 fully saturated rings. The minimum absolute atomic E-state index is 0.0421. The van der Waals surface area contributed by atoms with E-state index in [1.165, 1.54) is 0 Å². The molecule has 1 atom stereocenters. The molecular formula is C33H25Cl3N2O5. The molecule has 2 N–H and O–H groups in total. The van der Waals surface area contributed by atoms with E-state index in [2.05, 4.69) is 6.07 Å². The average molecular weight is 636 g/mol. The summed E-state index contributed by atoms with van der Waals surface area (Å²) < 4.78 is 22.9. The number of nitrogens with two attached hydrogens (primary N) is 1. The molecule has 0 saturated heterocycles. The number of esters is 1. The number of allylic oxidation sites excluding steroid dienone is 1. The molecule has 0 radical (unpaired) electrons. The van der Waals surface area contributed by atoms with Crippen LogP contribution < -0.4 is 24.7 Å². The first-order valence-corrected chi connectivity index (χ1v) is 14.2. The molecule has 1 aliphatic rings. The average Bonchev–Trinajstić information content (AvgIpc) is 2.97. The van der Waals surface area contributed by atoms with Crippen molar-refractivity contribution in [1.82, 2.24) is 0 Å². The van der Waals surface area contributed by atoms with E-state index in [1.807, 2.05) is 38.1 Å². The van der Waals surface area contributed by atoms with E-state index in [0.717, 1.165) is 22.3 Å². The highest BCUT2D eigenvalue weighted by Gasteiger charge is 2.31. The van der Waals surface area contributed by atoms with Crippen molar-refractivity contribution >= 4 is 40.8 Å². The monoisotopic (exact) mass is 634 g/mol. The molecule has 0 amide bonds. The summed E-state index contributed by atoms with van der Waals surface area (Å²) in [6, 6.07) is 23.1. The molecule has 1 aliphatic heterocycles. The fourth-order valence-electron chi connectivity index (χ4n) is 4.72. The van der Waals surface area contributed by atoms with Gasteiger partial charge in [-0.2, -0.15) is 5.26 Å². The number of hydrogen-bond donors (Lipinski definition) is 1. The van der Waals surface area contributed by atoms with Gasteiger partial charge < -0.3 is 24.7 Å².